The number of benzene rings is 1. The van der Waals surface area contributed by atoms with Crippen LogP contribution in [0, 0.1) is 17.6 Å². The first kappa shape index (κ1) is 16.6. The Morgan fingerprint density at radius 1 is 1.46 bits per heavy atom. The van der Waals surface area contributed by atoms with Crippen molar-refractivity contribution in [1.82, 2.24) is 15.1 Å². The summed E-state index contributed by atoms with van der Waals surface area (Å²) < 4.78 is 34.0. The lowest BCUT2D eigenvalue weighted by molar-refractivity contribution is -0.134. The summed E-state index contributed by atoms with van der Waals surface area (Å²) in [4.78, 5) is 12.5. The first-order chi connectivity index (χ1) is 11.5. The first-order valence-electron chi connectivity index (χ1n) is 7.86. The molecule has 0 saturated carbocycles. The van der Waals surface area contributed by atoms with Crippen molar-refractivity contribution in [2.45, 2.75) is 25.5 Å². The summed E-state index contributed by atoms with van der Waals surface area (Å²) in [5.41, 5.74) is 1.10. The summed E-state index contributed by atoms with van der Waals surface area (Å²) in [6.45, 7) is 0.608. The molecule has 1 aliphatic heterocycles. The second-order valence-corrected chi connectivity index (χ2v) is 5.94. The van der Waals surface area contributed by atoms with E-state index in [1.165, 1.54) is 12.1 Å². The van der Waals surface area contributed by atoms with Crippen LogP contribution >= 0.6 is 0 Å². The number of hydrogen-bond donors (Lipinski definition) is 1. The van der Waals surface area contributed by atoms with Crippen LogP contribution in [0.15, 0.2) is 30.6 Å². The van der Waals surface area contributed by atoms with E-state index >= 15 is 0 Å². The van der Waals surface area contributed by atoms with E-state index in [2.05, 4.69) is 10.4 Å². The van der Waals surface area contributed by atoms with Gasteiger partial charge in [0, 0.05) is 43.6 Å². The molecule has 3 rings (SSSR count). The Labute approximate surface area is 138 Å². The molecule has 1 amide bonds. The van der Waals surface area contributed by atoms with Crippen LogP contribution in [-0.4, -0.2) is 22.3 Å². The van der Waals surface area contributed by atoms with E-state index in [1.54, 1.807) is 17.9 Å². The van der Waals surface area contributed by atoms with Gasteiger partial charge in [-0.25, -0.2) is 8.78 Å². The zero-order valence-electron chi connectivity index (χ0n) is 13.3. The van der Waals surface area contributed by atoms with Gasteiger partial charge in [0.2, 0.25) is 5.91 Å². The largest absolute Gasteiger partial charge is 0.373 e. The van der Waals surface area contributed by atoms with Gasteiger partial charge in [0.15, 0.2) is 0 Å². The molecule has 1 aromatic heterocycles. The zero-order chi connectivity index (χ0) is 17.1. The number of carbonyl (C=O) groups excluding carboxylic acids is 1. The van der Waals surface area contributed by atoms with E-state index in [-0.39, 0.29) is 30.0 Å². The van der Waals surface area contributed by atoms with Crippen molar-refractivity contribution in [3.05, 3.63) is 53.4 Å². The van der Waals surface area contributed by atoms with Crippen LogP contribution in [0.3, 0.4) is 0 Å². The maximum absolute atomic E-state index is 13.7. The van der Waals surface area contributed by atoms with E-state index < -0.39 is 11.6 Å². The molecule has 1 aliphatic rings. The molecule has 2 atom stereocenters. The molecule has 1 saturated heterocycles. The Morgan fingerprint density at radius 3 is 3.00 bits per heavy atom. The number of aryl methyl sites for hydroxylation is 1. The van der Waals surface area contributed by atoms with Crippen molar-refractivity contribution in [2.75, 3.05) is 6.61 Å². The molecule has 2 heterocycles. The number of hydrogen-bond acceptors (Lipinski definition) is 3. The third-order valence-electron chi connectivity index (χ3n) is 4.18. The molecule has 5 nitrogen and oxygen atoms in total. The quantitative estimate of drug-likeness (QED) is 0.934. The van der Waals surface area contributed by atoms with Gasteiger partial charge in [-0.2, -0.15) is 5.10 Å². The van der Waals surface area contributed by atoms with E-state index in [1.807, 2.05) is 6.20 Å². The van der Waals surface area contributed by atoms with Crippen LogP contribution in [0.4, 0.5) is 8.78 Å². The van der Waals surface area contributed by atoms with Gasteiger partial charge in [-0.3, -0.25) is 9.48 Å². The average molecular weight is 335 g/mol. The lowest BCUT2D eigenvalue weighted by Crippen LogP contribution is -2.37. The van der Waals surface area contributed by atoms with Crippen molar-refractivity contribution in [3.8, 4) is 0 Å². The molecule has 128 valence electrons. The zero-order valence-corrected chi connectivity index (χ0v) is 13.3. The van der Waals surface area contributed by atoms with E-state index in [9.17, 15) is 13.6 Å². The molecule has 0 radical (unpaired) electrons. The molecule has 1 fully saturated rings. The Kier molecular flexibility index (Phi) is 4.89. The highest BCUT2D eigenvalue weighted by Crippen LogP contribution is 2.33. The number of rotatable bonds is 4. The summed E-state index contributed by atoms with van der Waals surface area (Å²) in [6.07, 6.45) is 4.65. The molecule has 1 N–H and O–H groups in total. The molecule has 2 aromatic rings. The monoisotopic (exact) mass is 335 g/mol. The first-order valence-corrected chi connectivity index (χ1v) is 7.86. The fraction of sp³-hybridized carbons (Fsp3) is 0.412. The average Bonchev–Trinajstić information content (AvgIpc) is 3.00. The minimum Gasteiger partial charge on any atom is -0.373 e. The summed E-state index contributed by atoms with van der Waals surface area (Å²) >= 11 is 0. The molecule has 0 bridgehead atoms. The van der Waals surface area contributed by atoms with Crippen LogP contribution in [0.25, 0.3) is 0 Å². The highest BCUT2D eigenvalue weighted by atomic mass is 19.1. The summed E-state index contributed by atoms with van der Waals surface area (Å²) in [5, 5.41) is 6.85. The number of halogens is 2. The second kappa shape index (κ2) is 7.09. The number of nitrogens with zero attached hydrogens (tertiary/aromatic N) is 2. The number of carbonyl (C=O) groups is 1. The van der Waals surface area contributed by atoms with Gasteiger partial charge in [0.25, 0.3) is 0 Å². The predicted octanol–water partition coefficient (Wildman–Crippen LogP) is 2.48. The van der Waals surface area contributed by atoms with Gasteiger partial charge < -0.3 is 10.1 Å². The van der Waals surface area contributed by atoms with Crippen LogP contribution in [-0.2, 0) is 23.1 Å². The number of nitrogens with one attached hydrogen (secondary N) is 1. The lowest BCUT2D eigenvalue weighted by atomic mass is 9.90. The number of aromatic nitrogens is 2. The van der Waals surface area contributed by atoms with Crippen molar-refractivity contribution >= 4 is 5.91 Å². The maximum atomic E-state index is 13.7. The van der Waals surface area contributed by atoms with E-state index in [0.717, 1.165) is 18.1 Å². The normalized spacial score (nSPS) is 20.8. The summed E-state index contributed by atoms with van der Waals surface area (Å²) in [7, 11) is 1.80. The maximum Gasteiger partial charge on any atom is 0.226 e. The highest BCUT2D eigenvalue weighted by Gasteiger charge is 2.33. The van der Waals surface area contributed by atoms with Crippen LogP contribution in [0.2, 0.25) is 0 Å². The van der Waals surface area contributed by atoms with Gasteiger partial charge in [-0.15, -0.1) is 0 Å². The number of ether oxygens (including phenoxy) is 1. The van der Waals surface area contributed by atoms with E-state index in [4.69, 9.17) is 4.74 Å². The fourth-order valence-corrected chi connectivity index (χ4v) is 2.94. The standard InChI is InChI=1S/C17H19F2N3O2/c1-22-10-12(9-21-22)16-14(3-2-6-24-16)17(23)20-8-11-4-5-13(18)7-15(11)19/h4-5,7,9-10,14,16H,2-3,6,8H2,1H3,(H,20,23)/t14-,16+/m1/s1. The minimum atomic E-state index is -0.668. The van der Waals surface area contributed by atoms with Crippen LogP contribution < -0.4 is 5.32 Å². The molecule has 7 heteroatoms. The number of amides is 1. The van der Waals surface area contributed by atoms with Gasteiger partial charge in [0.05, 0.1) is 18.2 Å². The Balaban J connectivity index is 1.68. The Bertz CT molecular complexity index is 732. The Morgan fingerprint density at radius 2 is 2.29 bits per heavy atom. The molecular formula is C17H19F2N3O2. The van der Waals surface area contributed by atoms with Crippen molar-refractivity contribution in [3.63, 3.8) is 0 Å². The van der Waals surface area contributed by atoms with Crippen LogP contribution in [0.5, 0.6) is 0 Å². The van der Waals surface area contributed by atoms with Crippen LogP contribution in [0.1, 0.15) is 30.1 Å². The molecule has 24 heavy (non-hydrogen) atoms. The van der Waals surface area contributed by atoms with Gasteiger partial charge in [-0.1, -0.05) is 6.07 Å². The van der Waals surface area contributed by atoms with Gasteiger partial charge in [-0.05, 0) is 18.9 Å². The summed E-state index contributed by atoms with van der Waals surface area (Å²) in [5.74, 6) is -1.86. The topological polar surface area (TPSA) is 56.1 Å². The van der Waals surface area contributed by atoms with Crippen molar-refractivity contribution < 1.29 is 18.3 Å². The summed E-state index contributed by atoms with van der Waals surface area (Å²) in [6, 6.07) is 3.32. The van der Waals surface area contributed by atoms with Crippen molar-refractivity contribution in [2.24, 2.45) is 13.0 Å². The minimum absolute atomic E-state index is 0.0151. The third-order valence-corrected chi connectivity index (χ3v) is 4.18. The second-order valence-electron chi connectivity index (χ2n) is 5.94. The third kappa shape index (κ3) is 3.62. The fourth-order valence-electron chi connectivity index (χ4n) is 2.94. The molecular weight excluding hydrogens is 316 g/mol. The highest BCUT2D eigenvalue weighted by molar-refractivity contribution is 5.79. The molecule has 1 aromatic carbocycles. The molecule has 0 spiro atoms. The molecule has 0 unspecified atom stereocenters. The van der Waals surface area contributed by atoms with E-state index in [0.29, 0.717) is 13.0 Å². The SMILES string of the molecule is Cn1cc([C@@H]2OCCC[C@H]2C(=O)NCc2ccc(F)cc2F)cn1. The molecule has 0 aliphatic carbocycles. The predicted molar refractivity (Wildman–Crippen MR) is 82.8 cm³/mol. The van der Waals surface area contributed by atoms with Gasteiger partial charge in [0.1, 0.15) is 11.6 Å². The lowest BCUT2D eigenvalue weighted by Gasteiger charge is -2.30. The van der Waals surface area contributed by atoms with Crippen molar-refractivity contribution in [1.29, 1.82) is 0 Å². The smallest absolute Gasteiger partial charge is 0.226 e. The Hall–Kier alpha value is -2.28. The van der Waals surface area contributed by atoms with Gasteiger partial charge >= 0.3 is 0 Å².